The molecule has 0 aliphatic carbocycles. The van der Waals surface area contributed by atoms with Crippen LogP contribution >= 0.6 is 0 Å². The van der Waals surface area contributed by atoms with Crippen molar-refractivity contribution in [3.05, 3.63) is 18.5 Å². The zero-order valence-electron chi connectivity index (χ0n) is 12.0. The van der Waals surface area contributed by atoms with Gasteiger partial charge in [-0.2, -0.15) is 4.31 Å². The fraction of sp³-hybridized carbons (Fsp3) is 0.615. The molecule has 6 nitrogen and oxygen atoms in total. The number of nitrogens with one attached hydrogen (secondary N) is 1. The van der Waals surface area contributed by atoms with E-state index in [0.717, 1.165) is 26.1 Å². The summed E-state index contributed by atoms with van der Waals surface area (Å²) in [6.07, 6.45) is 3.99. The molecule has 20 heavy (non-hydrogen) atoms. The van der Waals surface area contributed by atoms with E-state index < -0.39 is 10.0 Å². The van der Waals surface area contributed by atoms with Crippen molar-refractivity contribution in [3.63, 3.8) is 0 Å². The predicted molar refractivity (Wildman–Crippen MR) is 79.3 cm³/mol. The number of nitrogens with zero attached hydrogens (tertiary/aromatic N) is 3. The molecule has 0 spiro atoms. The Kier molecular flexibility index (Phi) is 4.95. The van der Waals surface area contributed by atoms with Gasteiger partial charge in [0.2, 0.25) is 10.0 Å². The summed E-state index contributed by atoms with van der Waals surface area (Å²) in [7, 11) is -1.46. The van der Waals surface area contributed by atoms with Crippen LogP contribution < -0.4 is 5.32 Å². The molecule has 0 amide bonds. The number of anilines is 1. The fourth-order valence-electron chi connectivity index (χ4n) is 2.16. The van der Waals surface area contributed by atoms with Crippen LogP contribution in [0.3, 0.4) is 0 Å². The van der Waals surface area contributed by atoms with Crippen molar-refractivity contribution in [3.8, 4) is 0 Å². The third-order valence-corrected chi connectivity index (χ3v) is 5.36. The number of pyridine rings is 1. The van der Waals surface area contributed by atoms with E-state index in [1.165, 1.54) is 6.20 Å². The Morgan fingerprint density at radius 3 is 2.65 bits per heavy atom. The van der Waals surface area contributed by atoms with E-state index in [9.17, 15) is 8.42 Å². The molecular formula is C13H22N4O2S. The van der Waals surface area contributed by atoms with Gasteiger partial charge in [-0.3, -0.25) is 4.98 Å². The maximum Gasteiger partial charge on any atom is 0.246 e. The molecule has 1 fully saturated rings. The van der Waals surface area contributed by atoms with Crippen LogP contribution in [0.2, 0.25) is 0 Å². The van der Waals surface area contributed by atoms with Crippen molar-refractivity contribution in [2.24, 2.45) is 0 Å². The second-order valence-corrected chi connectivity index (χ2v) is 6.91. The highest BCUT2D eigenvalue weighted by atomic mass is 32.2. The monoisotopic (exact) mass is 298 g/mol. The van der Waals surface area contributed by atoms with Crippen LogP contribution in [0.25, 0.3) is 0 Å². The number of aromatic nitrogens is 1. The largest absolute Gasteiger partial charge is 0.384 e. The minimum Gasteiger partial charge on any atom is -0.384 e. The van der Waals surface area contributed by atoms with Gasteiger partial charge in [0.15, 0.2) is 0 Å². The summed E-state index contributed by atoms with van der Waals surface area (Å²) in [6.45, 7) is 5.37. The number of piperazine rings is 1. The van der Waals surface area contributed by atoms with Crippen LogP contribution in [0, 0.1) is 0 Å². The molecule has 0 unspecified atom stereocenters. The summed E-state index contributed by atoms with van der Waals surface area (Å²) >= 11 is 0. The van der Waals surface area contributed by atoms with Gasteiger partial charge in [0.1, 0.15) is 4.90 Å². The highest BCUT2D eigenvalue weighted by Crippen LogP contribution is 2.24. The van der Waals surface area contributed by atoms with Gasteiger partial charge in [-0.05, 0) is 19.5 Å². The maximum absolute atomic E-state index is 12.7. The van der Waals surface area contributed by atoms with E-state index in [4.69, 9.17) is 0 Å². The summed E-state index contributed by atoms with van der Waals surface area (Å²) in [6, 6.07) is 1.72. The van der Waals surface area contributed by atoms with Crippen molar-refractivity contribution >= 4 is 15.7 Å². The predicted octanol–water partition coefficient (Wildman–Crippen LogP) is 0.840. The van der Waals surface area contributed by atoms with Crippen LogP contribution in [-0.2, 0) is 10.0 Å². The van der Waals surface area contributed by atoms with E-state index in [1.807, 2.05) is 14.0 Å². The lowest BCUT2D eigenvalue weighted by atomic mass is 10.4. The molecule has 1 N–H and O–H groups in total. The number of sulfonamides is 1. The topological polar surface area (TPSA) is 65.5 Å². The molecule has 1 saturated heterocycles. The lowest BCUT2D eigenvalue weighted by Gasteiger charge is -2.31. The van der Waals surface area contributed by atoms with Gasteiger partial charge in [-0.25, -0.2) is 8.42 Å². The van der Waals surface area contributed by atoms with Crippen molar-refractivity contribution in [2.75, 3.05) is 45.1 Å². The summed E-state index contributed by atoms with van der Waals surface area (Å²) in [5.41, 5.74) is 0.640. The first kappa shape index (κ1) is 15.2. The van der Waals surface area contributed by atoms with Crippen LogP contribution in [0.1, 0.15) is 13.3 Å². The molecule has 1 aliphatic rings. The van der Waals surface area contributed by atoms with Gasteiger partial charge in [0.05, 0.1) is 5.69 Å². The molecule has 0 bridgehead atoms. The Morgan fingerprint density at radius 1 is 1.30 bits per heavy atom. The Labute approximate surface area is 120 Å². The first-order valence-electron chi connectivity index (χ1n) is 6.92. The third-order valence-electron chi connectivity index (χ3n) is 3.43. The highest BCUT2D eigenvalue weighted by molar-refractivity contribution is 7.89. The second-order valence-electron chi connectivity index (χ2n) is 5.01. The normalized spacial score (nSPS) is 18.1. The highest BCUT2D eigenvalue weighted by Gasteiger charge is 2.29. The molecule has 1 aromatic heterocycles. The summed E-state index contributed by atoms with van der Waals surface area (Å²) < 4.78 is 27.0. The van der Waals surface area contributed by atoms with E-state index in [-0.39, 0.29) is 4.90 Å². The van der Waals surface area contributed by atoms with Crippen molar-refractivity contribution < 1.29 is 8.42 Å². The number of likely N-dealkylation sites (N-methyl/N-ethyl adjacent to an activating group) is 1. The smallest absolute Gasteiger partial charge is 0.246 e. The lowest BCUT2D eigenvalue weighted by Crippen LogP contribution is -2.47. The Morgan fingerprint density at radius 2 is 2.00 bits per heavy atom. The fourth-order valence-corrected chi connectivity index (χ4v) is 3.69. The molecule has 1 aliphatic heterocycles. The molecule has 0 radical (unpaired) electrons. The Bertz CT molecular complexity index is 539. The van der Waals surface area contributed by atoms with Gasteiger partial charge in [0.25, 0.3) is 0 Å². The molecule has 112 valence electrons. The molecule has 2 rings (SSSR count). The quantitative estimate of drug-likeness (QED) is 0.872. The summed E-state index contributed by atoms with van der Waals surface area (Å²) in [5, 5.41) is 3.16. The lowest BCUT2D eigenvalue weighted by molar-refractivity contribution is 0.222. The molecule has 0 saturated carbocycles. The summed E-state index contributed by atoms with van der Waals surface area (Å²) in [4.78, 5) is 6.38. The molecule has 0 atom stereocenters. The average molecular weight is 298 g/mol. The van der Waals surface area contributed by atoms with Gasteiger partial charge >= 0.3 is 0 Å². The maximum atomic E-state index is 12.7. The average Bonchev–Trinajstić information content (AvgIpc) is 2.46. The van der Waals surface area contributed by atoms with Crippen LogP contribution in [0.4, 0.5) is 5.69 Å². The van der Waals surface area contributed by atoms with Gasteiger partial charge in [0, 0.05) is 45.1 Å². The summed E-state index contributed by atoms with van der Waals surface area (Å²) in [5.74, 6) is 0. The third kappa shape index (κ3) is 3.28. The van der Waals surface area contributed by atoms with E-state index in [1.54, 1.807) is 16.6 Å². The molecule has 7 heteroatoms. The van der Waals surface area contributed by atoms with Crippen molar-refractivity contribution in [1.82, 2.24) is 14.2 Å². The SMILES string of the molecule is CCCNc1ccncc1S(=O)(=O)N1CCN(C)CC1. The van der Waals surface area contributed by atoms with Crippen molar-refractivity contribution in [1.29, 1.82) is 0 Å². The van der Waals surface area contributed by atoms with E-state index in [2.05, 4.69) is 15.2 Å². The molecule has 2 heterocycles. The van der Waals surface area contributed by atoms with E-state index in [0.29, 0.717) is 18.8 Å². The Hall–Kier alpha value is -1.18. The van der Waals surface area contributed by atoms with E-state index >= 15 is 0 Å². The molecular weight excluding hydrogens is 276 g/mol. The van der Waals surface area contributed by atoms with Crippen molar-refractivity contribution in [2.45, 2.75) is 18.2 Å². The van der Waals surface area contributed by atoms with Gasteiger partial charge < -0.3 is 10.2 Å². The van der Waals surface area contributed by atoms with Crippen LogP contribution in [-0.4, -0.2) is 62.4 Å². The molecule has 0 aromatic carbocycles. The van der Waals surface area contributed by atoms with Crippen LogP contribution in [0.15, 0.2) is 23.4 Å². The first-order chi connectivity index (χ1) is 9.55. The Balaban J connectivity index is 2.25. The number of rotatable bonds is 5. The molecule has 1 aromatic rings. The number of hydrogen-bond acceptors (Lipinski definition) is 5. The first-order valence-corrected chi connectivity index (χ1v) is 8.36. The number of hydrogen-bond donors (Lipinski definition) is 1. The standard InChI is InChI=1S/C13H22N4O2S/c1-3-5-15-12-4-6-14-11-13(12)20(18,19)17-9-7-16(2)8-10-17/h4,6,11H,3,5,7-10H2,1-2H3,(H,14,15). The minimum absolute atomic E-state index is 0.276. The minimum atomic E-state index is -3.46. The second kappa shape index (κ2) is 6.51. The van der Waals surface area contributed by atoms with Gasteiger partial charge in [-0.1, -0.05) is 6.92 Å². The van der Waals surface area contributed by atoms with Crippen LogP contribution in [0.5, 0.6) is 0 Å². The zero-order chi connectivity index (χ0) is 14.6. The zero-order valence-corrected chi connectivity index (χ0v) is 12.9. The van der Waals surface area contributed by atoms with Gasteiger partial charge in [-0.15, -0.1) is 0 Å².